The van der Waals surface area contributed by atoms with Crippen molar-refractivity contribution in [3.63, 3.8) is 0 Å². The molecule has 0 amide bonds. The summed E-state index contributed by atoms with van der Waals surface area (Å²) in [5.41, 5.74) is 2.29. The Morgan fingerprint density at radius 1 is 1.08 bits per heavy atom. The third kappa shape index (κ3) is 4.39. The van der Waals surface area contributed by atoms with Crippen LogP contribution in [-0.4, -0.2) is 55.4 Å². The van der Waals surface area contributed by atoms with E-state index in [-0.39, 0.29) is 0 Å². The van der Waals surface area contributed by atoms with Gasteiger partial charge in [-0.05, 0) is 17.7 Å². The fraction of sp³-hybridized carbons (Fsp3) is 0.471. The van der Waals surface area contributed by atoms with Crippen molar-refractivity contribution in [1.29, 1.82) is 0 Å². The molecule has 1 saturated heterocycles. The second kappa shape index (κ2) is 8.03. The normalized spacial score (nSPS) is 14.7. The number of anilines is 2. The highest BCUT2D eigenvalue weighted by molar-refractivity contribution is 5.39. The minimum Gasteiger partial charge on any atom is -0.378 e. The van der Waals surface area contributed by atoms with Crippen molar-refractivity contribution < 1.29 is 4.74 Å². The number of rotatable bonds is 6. The third-order valence-electron chi connectivity index (χ3n) is 3.91. The van der Waals surface area contributed by atoms with Gasteiger partial charge in [-0.2, -0.15) is 0 Å². The van der Waals surface area contributed by atoms with Crippen molar-refractivity contribution in [2.24, 2.45) is 0 Å². The van der Waals surface area contributed by atoms with Gasteiger partial charge in [0.15, 0.2) is 0 Å². The van der Waals surface area contributed by atoms with Gasteiger partial charge < -0.3 is 19.9 Å². The first-order valence-electron chi connectivity index (χ1n) is 8.19. The Balaban J connectivity index is 1.50. The van der Waals surface area contributed by atoms with Crippen molar-refractivity contribution >= 4 is 11.8 Å². The van der Waals surface area contributed by atoms with Gasteiger partial charge in [0, 0.05) is 64.4 Å². The highest BCUT2D eigenvalue weighted by atomic mass is 16.5. The highest BCUT2D eigenvalue weighted by Crippen LogP contribution is 2.11. The molecular weight excluding hydrogens is 304 g/mol. The Bertz CT molecular complexity index is 640. The first-order chi connectivity index (χ1) is 11.7. The summed E-state index contributed by atoms with van der Waals surface area (Å²) in [6.45, 7) is 4.72. The molecule has 0 bridgehead atoms. The maximum absolute atomic E-state index is 5.35. The van der Waals surface area contributed by atoms with Gasteiger partial charge in [-0.25, -0.2) is 15.0 Å². The zero-order valence-electron chi connectivity index (χ0n) is 14.3. The smallest absolute Gasteiger partial charge is 0.225 e. The summed E-state index contributed by atoms with van der Waals surface area (Å²) in [6.07, 6.45) is 5.62. The number of hydrogen-bond acceptors (Lipinski definition) is 7. The largest absolute Gasteiger partial charge is 0.378 e. The third-order valence-corrected chi connectivity index (χ3v) is 3.91. The summed E-state index contributed by atoms with van der Waals surface area (Å²) in [6, 6.07) is 4.11. The summed E-state index contributed by atoms with van der Waals surface area (Å²) in [5.74, 6) is 1.75. The molecule has 1 fully saturated rings. The molecule has 24 heavy (non-hydrogen) atoms. The number of pyridine rings is 1. The van der Waals surface area contributed by atoms with Crippen LogP contribution >= 0.6 is 0 Å². The van der Waals surface area contributed by atoms with E-state index in [1.165, 1.54) is 5.56 Å². The summed E-state index contributed by atoms with van der Waals surface area (Å²) in [4.78, 5) is 17.4. The lowest BCUT2D eigenvalue weighted by Gasteiger charge is -2.26. The van der Waals surface area contributed by atoms with E-state index in [0.717, 1.165) is 56.7 Å². The maximum atomic E-state index is 5.35. The number of nitrogens with one attached hydrogen (secondary N) is 1. The number of morpholine rings is 1. The average molecular weight is 328 g/mol. The van der Waals surface area contributed by atoms with E-state index < -0.39 is 0 Å². The quantitative estimate of drug-likeness (QED) is 0.850. The lowest BCUT2D eigenvalue weighted by atomic mass is 10.2. The molecule has 1 aliphatic rings. The van der Waals surface area contributed by atoms with Crippen LogP contribution in [0.15, 0.2) is 30.7 Å². The topological polar surface area (TPSA) is 66.4 Å². The molecule has 0 atom stereocenters. The van der Waals surface area contributed by atoms with Gasteiger partial charge in [0.25, 0.3) is 0 Å². The van der Waals surface area contributed by atoms with Crippen molar-refractivity contribution in [2.75, 3.05) is 50.2 Å². The molecule has 128 valence electrons. The number of aromatic nitrogens is 3. The Labute approximate surface area is 142 Å². The molecule has 2 aromatic heterocycles. The fourth-order valence-corrected chi connectivity index (χ4v) is 2.53. The van der Waals surface area contributed by atoms with E-state index in [1.807, 2.05) is 43.7 Å². The van der Waals surface area contributed by atoms with E-state index >= 15 is 0 Å². The summed E-state index contributed by atoms with van der Waals surface area (Å²) >= 11 is 0. The van der Waals surface area contributed by atoms with Crippen molar-refractivity contribution in [3.8, 4) is 0 Å². The molecule has 0 radical (unpaired) electrons. The van der Waals surface area contributed by atoms with E-state index in [4.69, 9.17) is 4.74 Å². The molecule has 1 aliphatic heterocycles. The van der Waals surface area contributed by atoms with Gasteiger partial charge in [0.05, 0.1) is 13.2 Å². The maximum Gasteiger partial charge on any atom is 0.225 e. The molecular formula is C17H24N6O. The van der Waals surface area contributed by atoms with Gasteiger partial charge in [-0.3, -0.25) is 0 Å². The monoisotopic (exact) mass is 328 g/mol. The highest BCUT2D eigenvalue weighted by Gasteiger charge is 2.13. The second-order valence-electron chi connectivity index (χ2n) is 6.01. The Kier molecular flexibility index (Phi) is 5.55. The van der Waals surface area contributed by atoms with E-state index in [9.17, 15) is 0 Å². The zero-order chi connectivity index (χ0) is 16.8. The summed E-state index contributed by atoms with van der Waals surface area (Å²) in [5, 5.41) is 3.42. The first-order valence-corrected chi connectivity index (χ1v) is 8.19. The van der Waals surface area contributed by atoms with Gasteiger partial charge in [-0.15, -0.1) is 0 Å². The molecule has 2 aromatic rings. The van der Waals surface area contributed by atoms with E-state index in [0.29, 0.717) is 0 Å². The molecule has 1 N–H and O–H groups in total. The standard InChI is InChI=1S/C17H24N6O/c1-22(2)16-9-14(3-4-19-16)10-18-11-15-12-20-17(21-13-15)23-5-7-24-8-6-23/h3-4,9,12-13,18H,5-8,10-11H2,1-2H3. The minimum absolute atomic E-state index is 0.739. The summed E-state index contributed by atoms with van der Waals surface area (Å²) < 4.78 is 5.35. The predicted octanol–water partition coefficient (Wildman–Crippen LogP) is 1.06. The number of ether oxygens (including phenoxy) is 1. The predicted molar refractivity (Wildman–Crippen MR) is 94.2 cm³/mol. The lowest BCUT2D eigenvalue weighted by Crippen LogP contribution is -2.37. The lowest BCUT2D eigenvalue weighted by molar-refractivity contribution is 0.122. The minimum atomic E-state index is 0.739. The molecule has 0 aliphatic carbocycles. The van der Waals surface area contributed by atoms with Crippen molar-refractivity contribution in [3.05, 3.63) is 41.9 Å². The molecule has 3 heterocycles. The van der Waals surface area contributed by atoms with Crippen LogP contribution in [0.5, 0.6) is 0 Å². The van der Waals surface area contributed by atoms with E-state index in [2.05, 4.69) is 31.2 Å². The second-order valence-corrected chi connectivity index (χ2v) is 6.01. The molecule has 0 spiro atoms. The molecule has 7 nitrogen and oxygen atoms in total. The molecule has 0 unspecified atom stereocenters. The fourth-order valence-electron chi connectivity index (χ4n) is 2.53. The van der Waals surface area contributed by atoms with Crippen molar-refractivity contribution in [1.82, 2.24) is 20.3 Å². The molecule has 7 heteroatoms. The van der Waals surface area contributed by atoms with Gasteiger partial charge in [0.1, 0.15) is 5.82 Å². The van der Waals surface area contributed by atoms with Crippen LogP contribution in [0, 0.1) is 0 Å². The van der Waals surface area contributed by atoms with Crippen LogP contribution in [0.25, 0.3) is 0 Å². The number of hydrogen-bond donors (Lipinski definition) is 1. The average Bonchev–Trinajstić information content (AvgIpc) is 2.63. The van der Waals surface area contributed by atoms with Crippen LogP contribution in [0.4, 0.5) is 11.8 Å². The van der Waals surface area contributed by atoms with Crippen LogP contribution in [0.1, 0.15) is 11.1 Å². The van der Waals surface area contributed by atoms with Crippen LogP contribution < -0.4 is 15.1 Å². The van der Waals surface area contributed by atoms with Crippen molar-refractivity contribution in [2.45, 2.75) is 13.1 Å². The molecule has 3 rings (SSSR count). The Morgan fingerprint density at radius 2 is 1.79 bits per heavy atom. The molecule has 0 saturated carbocycles. The van der Waals surface area contributed by atoms with Gasteiger partial charge >= 0.3 is 0 Å². The SMILES string of the molecule is CN(C)c1cc(CNCc2cnc(N3CCOCC3)nc2)ccn1. The van der Waals surface area contributed by atoms with Gasteiger partial charge in [0.2, 0.25) is 5.95 Å². The van der Waals surface area contributed by atoms with Gasteiger partial charge in [-0.1, -0.05) is 0 Å². The zero-order valence-corrected chi connectivity index (χ0v) is 14.3. The van der Waals surface area contributed by atoms with Crippen LogP contribution in [-0.2, 0) is 17.8 Å². The van der Waals surface area contributed by atoms with Crippen LogP contribution in [0.3, 0.4) is 0 Å². The van der Waals surface area contributed by atoms with Crippen LogP contribution in [0.2, 0.25) is 0 Å². The van der Waals surface area contributed by atoms with E-state index in [1.54, 1.807) is 0 Å². The Hall–Kier alpha value is -2.25. The first kappa shape index (κ1) is 16.6. The number of nitrogens with zero attached hydrogens (tertiary/aromatic N) is 5. The Morgan fingerprint density at radius 3 is 2.50 bits per heavy atom. The summed E-state index contributed by atoms with van der Waals surface area (Å²) in [7, 11) is 3.99. The molecule has 0 aromatic carbocycles.